The van der Waals surface area contributed by atoms with Gasteiger partial charge in [0.25, 0.3) is 0 Å². The van der Waals surface area contributed by atoms with Gasteiger partial charge in [0.2, 0.25) is 0 Å². The summed E-state index contributed by atoms with van der Waals surface area (Å²) in [5, 5.41) is 3.58. The highest BCUT2D eigenvalue weighted by Gasteiger charge is 2.02. The second kappa shape index (κ2) is 8.26. The maximum absolute atomic E-state index is 3.58. The molecule has 0 radical (unpaired) electrons. The van der Waals surface area contributed by atoms with E-state index in [2.05, 4.69) is 47.2 Å². The molecule has 92 valence electrons. The van der Waals surface area contributed by atoms with Crippen molar-refractivity contribution in [2.75, 3.05) is 0 Å². The zero-order valence-electron chi connectivity index (χ0n) is 10.3. The van der Waals surface area contributed by atoms with Gasteiger partial charge in [0.05, 0.1) is 3.79 Å². The molecular weight excluding hydrogens is 282 g/mol. The van der Waals surface area contributed by atoms with Crippen LogP contribution in [0.25, 0.3) is 0 Å². The van der Waals surface area contributed by atoms with Crippen LogP contribution in [-0.2, 0) is 6.54 Å². The maximum atomic E-state index is 3.58. The van der Waals surface area contributed by atoms with Crippen molar-refractivity contribution in [3.63, 3.8) is 0 Å². The maximum Gasteiger partial charge on any atom is 0.0701 e. The van der Waals surface area contributed by atoms with E-state index in [4.69, 9.17) is 0 Å². The van der Waals surface area contributed by atoms with Crippen molar-refractivity contribution >= 4 is 27.3 Å². The number of nitrogens with one attached hydrogen (secondary N) is 1. The molecule has 0 saturated carbocycles. The van der Waals surface area contributed by atoms with Crippen LogP contribution in [0.2, 0.25) is 0 Å². The molecule has 0 bridgehead atoms. The van der Waals surface area contributed by atoms with Crippen molar-refractivity contribution in [1.82, 2.24) is 5.32 Å². The van der Waals surface area contributed by atoms with Crippen molar-refractivity contribution in [3.05, 3.63) is 20.8 Å². The lowest BCUT2D eigenvalue weighted by molar-refractivity contribution is 0.484. The van der Waals surface area contributed by atoms with Crippen LogP contribution >= 0.6 is 27.3 Å². The third-order valence-electron chi connectivity index (χ3n) is 2.74. The average molecular weight is 304 g/mol. The molecule has 0 aromatic carbocycles. The zero-order valence-corrected chi connectivity index (χ0v) is 12.7. The van der Waals surface area contributed by atoms with Crippen molar-refractivity contribution in [3.8, 4) is 0 Å². The predicted molar refractivity (Wildman–Crippen MR) is 77.1 cm³/mol. The standard InChI is InChI=1S/C13H22BrNS/c1-3-4-5-6-7-11(2)15-10-12-8-9-13(14)16-12/h8-9,11,15H,3-7,10H2,1-2H3. The Labute approximate surface area is 112 Å². The lowest BCUT2D eigenvalue weighted by Crippen LogP contribution is -2.24. The van der Waals surface area contributed by atoms with Gasteiger partial charge in [0.15, 0.2) is 0 Å². The number of hydrogen-bond acceptors (Lipinski definition) is 2. The van der Waals surface area contributed by atoms with Crippen molar-refractivity contribution in [2.24, 2.45) is 0 Å². The molecule has 0 saturated heterocycles. The molecular formula is C13H22BrNS. The topological polar surface area (TPSA) is 12.0 Å². The van der Waals surface area contributed by atoms with Crippen LogP contribution in [0, 0.1) is 0 Å². The molecule has 1 atom stereocenters. The fourth-order valence-electron chi connectivity index (χ4n) is 1.70. The zero-order chi connectivity index (χ0) is 11.8. The number of halogens is 1. The van der Waals surface area contributed by atoms with E-state index in [1.807, 2.05) is 11.3 Å². The van der Waals surface area contributed by atoms with E-state index in [0.29, 0.717) is 6.04 Å². The number of unbranched alkanes of at least 4 members (excludes halogenated alkanes) is 3. The molecule has 0 aliphatic carbocycles. The van der Waals surface area contributed by atoms with E-state index >= 15 is 0 Å². The SMILES string of the molecule is CCCCCCC(C)NCc1ccc(Br)s1. The summed E-state index contributed by atoms with van der Waals surface area (Å²) in [6.45, 7) is 5.55. The fraction of sp³-hybridized carbons (Fsp3) is 0.692. The molecule has 1 nitrogen and oxygen atoms in total. The molecule has 1 aromatic rings. The summed E-state index contributed by atoms with van der Waals surface area (Å²) in [4.78, 5) is 1.41. The molecule has 0 aliphatic heterocycles. The fourth-order valence-corrected chi connectivity index (χ4v) is 3.13. The second-order valence-electron chi connectivity index (χ2n) is 4.34. The number of hydrogen-bond donors (Lipinski definition) is 1. The summed E-state index contributed by atoms with van der Waals surface area (Å²) in [7, 11) is 0. The first kappa shape index (κ1) is 14.2. The van der Waals surface area contributed by atoms with Crippen molar-refractivity contribution < 1.29 is 0 Å². The first-order chi connectivity index (χ1) is 7.72. The van der Waals surface area contributed by atoms with E-state index < -0.39 is 0 Å². The minimum absolute atomic E-state index is 0.637. The Balaban J connectivity index is 2.08. The van der Waals surface area contributed by atoms with Crippen LogP contribution < -0.4 is 5.32 Å². The van der Waals surface area contributed by atoms with Gasteiger partial charge in [-0.25, -0.2) is 0 Å². The summed E-state index contributed by atoms with van der Waals surface area (Å²) in [5.74, 6) is 0. The minimum Gasteiger partial charge on any atom is -0.309 e. The van der Waals surface area contributed by atoms with Gasteiger partial charge in [-0.1, -0.05) is 32.6 Å². The van der Waals surface area contributed by atoms with E-state index in [1.165, 1.54) is 40.8 Å². The average Bonchev–Trinajstić information content (AvgIpc) is 2.68. The molecule has 1 N–H and O–H groups in total. The molecule has 1 rings (SSSR count). The summed E-state index contributed by atoms with van der Waals surface area (Å²) in [6.07, 6.45) is 6.74. The number of rotatable bonds is 8. The van der Waals surface area contributed by atoms with Gasteiger partial charge in [-0.05, 0) is 41.4 Å². The van der Waals surface area contributed by atoms with Gasteiger partial charge in [-0.3, -0.25) is 0 Å². The van der Waals surface area contributed by atoms with Gasteiger partial charge in [-0.15, -0.1) is 11.3 Å². The quantitative estimate of drug-likeness (QED) is 0.669. The Bertz CT molecular complexity index is 285. The molecule has 1 aromatic heterocycles. The lowest BCUT2D eigenvalue weighted by atomic mass is 10.1. The first-order valence-electron chi connectivity index (χ1n) is 6.20. The Hall–Kier alpha value is 0.140. The molecule has 0 fully saturated rings. The van der Waals surface area contributed by atoms with E-state index in [0.717, 1.165) is 6.54 Å². The monoisotopic (exact) mass is 303 g/mol. The molecule has 3 heteroatoms. The van der Waals surface area contributed by atoms with Gasteiger partial charge in [-0.2, -0.15) is 0 Å². The molecule has 16 heavy (non-hydrogen) atoms. The van der Waals surface area contributed by atoms with Gasteiger partial charge < -0.3 is 5.32 Å². The Kier molecular flexibility index (Phi) is 7.33. The van der Waals surface area contributed by atoms with Crippen molar-refractivity contribution in [2.45, 2.75) is 58.5 Å². The third-order valence-corrected chi connectivity index (χ3v) is 4.37. The first-order valence-corrected chi connectivity index (χ1v) is 7.81. The van der Waals surface area contributed by atoms with Crippen LogP contribution in [0.1, 0.15) is 50.8 Å². The Morgan fingerprint density at radius 1 is 1.31 bits per heavy atom. The van der Waals surface area contributed by atoms with E-state index in [-0.39, 0.29) is 0 Å². The summed E-state index contributed by atoms with van der Waals surface area (Å²) in [5.41, 5.74) is 0. The normalized spacial score (nSPS) is 12.9. The highest BCUT2D eigenvalue weighted by Crippen LogP contribution is 2.21. The van der Waals surface area contributed by atoms with Gasteiger partial charge in [0, 0.05) is 17.5 Å². The molecule has 1 unspecified atom stereocenters. The third kappa shape index (κ3) is 6.02. The highest BCUT2D eigenvalue weighted by atomic mass is 79.9. The van der Waals surface area contributed by atoms with E-state index in [9.17, 15) is 0 Å². The van der Waals surface area contributed by atoms with Gasteiger partial charge in [0.1, 0.15) is 0 Å². The smallest absolute Gasteiger partial charge is 0.0701 e. The largest absolute Gasteiger partial charge is 0.309 e. The molecule has 0 spiro atoms. The van der Waals surface area contributed by atoms with Crippen molar-refractivity contribution in [1.29, 1.82) is 0 Å². The van der Waals surface area contributed by atoms with Crippen LogP contribution in [0.4, 0.5) is 0 Å². The highest BCUT2D eigenvalue weighted by molar-refractivity contribution is 9.11. The Morgan fingerprint density at radius 3 is 2.75 bits per heavy atom. The second-order valence-corrected chi connectivity index (χ2v) is 6.88. The van der Waals surface area contributed by atoms with Crippen LogP contribution in [0.5, 0.6) is 0 Å². The Morgan fingerprint density at radius 2 is 2.12 bits per heavy atom. The minimum atomic E-state index is 0.637. The summed E-state index contributed by atoms with van der Waals surface area (Å²) < 4.78 is 1.22. The molecule has 0 amide bonds. The van der Waals surface area contributed by atoms with Crippen LogP contribution in [0.3, 0.4) is 0 Å². The predicted octanol–water partition coefficient (Wildman–Crippen LogP) is 4.96. The summed E-state index contributed by atoms with van der Waals surface area (Å²) in [6, 6.07) is 4.94. The number of thiophene rings is 1. The summed E-state index contributed by atoms with van der Waals surface area (Å²) >= 11 is 5.30. The molecule has 0 aliphatic rings. The van der Waals surface area contributed by atoms with Crippen LogP contribution in [-0.4, -0.2) is 6.04 Å². The van der Waals surface area contributed by atoms with Crippen LogP contribution in [0.15, 0.2) is 15.9 Å². The van der Waals surface area contributed by atoms with E-state index in [1.54, 1.807) is 0 Å². The molecule has 1 heterocycles. The lowest BCUT2D eigenvalue weighted by Gasteiger charge is -2.12. The van der Waals surface area contributed by atoms with Gasteiger partial charge >= 0.3 is 0 Å².